The van der Waals surface area contributed by atoms with Gasteiger partial charge in [-0.2, -0.15) is 20.4 Å². The van der Waals surface area contributed by atoms with Gasteiger partial charge in [0.1, 0.15) is 22.8 Å². The van der Waals surface area contributed by atoms with Gasteiger partial charge in [0.15, 0.2) is 23.3 Å². The van der Waals surface area contributed by atoms with Crippen LogP contribution in [0.15, 0.2) is 325 Å². The first-order valence-corrected chi connectivity index (χ1v) is 46.7. The van der Waals surface area contributed by atoms with E-state index >= 15 is 0 Å². The van der Waals surface area contributed by atoms with Gasteiger partial charge in [-0.3, -0.25) is 94.6 Å². The van der Waals surface area contributed by atoms with Crippen LogP contribution < -0.4 is 20.9 Å². The molecule has 0 spiro atoms. The molecule has 35 heteroatoms. The number of benzene rings is 5. The topological polar surface area (TPSA) is 475 Å². The zero-order valence-electron chi connectivity index (χ0n) is 79.5. The summed E-state index contributed by atoms with van der Waals surface area (Å²) in [6, 6.07) is 57.4. The molecular weight excluding hydrogens is 1830 g/mol. The van der Waals surface area contributed by atoms with Crippen molar-refractivity contribution in [2.24, 2.45) is 11.3 Å². The zero-order chi connectivity index (χ0) is 99.5. The summed E-state index contributed by atoms with van der Waals surface area (Å²) in [7, 11) is 4.02. The second kappa shape index (κ2) is 39.3. The lowest BCUT2D eigenvalue weighted by atomic mass is 9.95. The Morgan fingerprint density at radius 1 is 0.301 bits per heavy atom. The number of hydrogen-bond donors (Lipinski definition) is 11. The average molecular weight is 1920 g/mol. The van der Waals surface area contributed by atoms with Gasteiger partial charge in [-0.15, -0.1) is 0 Å². The lowest BCUT2D eigenvalue weighted by molar-refractivity contribution is -0.123. The SMILES string of the molecule is CC(C)(C)C(=O)Nc1cncc(-c2ccc3[nH]nc(-c4nc5c(-c6ccncc6)cncc5[nH]4)c3c2)c1.CC(C)C(=O)Nc1cncc(-c2ccc3[nH]nc(-c4nc5c(-c6ccncc6)cncc5[nH]4)c3c2)c1.CN(C)c1cncc(-c2ccc3[nH]nc(-c4nc5c(-c6ccncc6)cncc5[nH]4)c3c2)c1.O=C(Cc1ccccc1)Nc1cncc(-c2ccc3[nH]nc(-c4nc5c(-c6ccncc6)cncc5[nH]4)c3c2)c1. The fourth-order valence-corrected chi connectivity index (χ4v) is 17.1. The van der Waals surface area contributed by atoms with Crippen molar-refractivity contribution < 1.29 is 14.4 Å². The Bertz CT molecular complexity index is 9160. The Kier molecular flexibility index (Phi) is 24.5. The molecule has 0 saturated heterocycles. The molecule has 11 N–H and O–H groups in total. The number of carbonyl (C=O) groups is 3. The Balaban J connectivity index is 0.000000111. The number of aromatic nitrogens is 28. The fraction of sp³-hybridized carbons (Fsp3) is 0.0901. The first-order chi connectivity index (χ1) is 71.3. The molecule has 0 bridgehead atoms. The summed E-state index contributed by atoms with van der Waals surface area (Å²) in [6.45, 7) is 9.34. The van der Waals surface area contributed by atoms with Crippen LogP contribution in [0.5, 0.6) is 0 Å². The van der Waals surface area contributed by atoms with Crippen LogP contribution in [0, 0.1) is 11.3 Å². The predicted octanol–water partition coefficient (Wildman–Crippen LogP) is 21.3. The van der Waals surface area contributed by atoms with Crippen molar-refractivity contribution in [2.75, 3.05) is 34.9 Å². The third-order valence-electron chi connectivity index (χ3n) is 24.7. The number of rotatable bonds is 19. The van der Waals surface area contributed by atoms with E-state index in [4.69, 9.17) is 19.9 Å². The molecule has 710 valence electrons. The number of aromatic amines is 8. The summed E-state index contributed by atoms with van der Waals surface area (Å²) in [5, 5.41) is 43.2. The number of pyridine rings is 12. The van der Waals surface area contributed by atoms with Crippen LogP contribution in [0.3, 0.4) is 0 Å². The summed E-state index contributed by atoms with van der Waals surface area (Å²) in [6.07, 6.45) is 42.7. The first kappa shape index (κ1) is 91.0. The lowest BCUT2D eigenvalue weighted by Gasteiger charge is -2.17. The van der Waals surface area contributed by atoms with E-state index in [-0.39, 0.29) is 23.6 Å². The molecule has 25 aromatic rings. The summed E-state index contributed by atoms with van der Waals surface area (Å²) in [5.41, 5.74) is 31.8. The highest BCUT2D eigenvalue weighted by molar-refractivity contribution is 6.05. The molecule has 25 rings (SSSR count). The van der Waals surface area contributed by atoms with Crippen LogP contribution in [0.25, 0.3) is 223 Å². The van der Waals surface area contributed by atoms with Gasteiger partial charge in [0, 0.05) is 191 Å². The summed E-state index contributed by atoms with van der Waals surface area (Å²) >= 11 is 0. The number of H-pyrrole nitrogens is 8. The minimum atomic E-state index is -0.500. The molecule has 20 heterocycles. The predicted molar refractivity (Wildman–Crippen MR) is 566 cm³/mol. The standard InChI is InChI=1S/C31H22N8O.C28H24N8O.C27H22N8O.C25H20N8/c40-28(12-19-4-2-1-3-5-19)35-23-13-22(15-33-16-23)21-6-7-26-24(14-21)30(39-38-26)31-36-27-18-34-17-25(29(27)37-31)20-8-10-32-11-9-20;1-28(2,3)27(37)32-19-10-18(12-30-13-19)17-4-5-22-20(11-17)25(36-35-22)26-33-23-15-31-14-21(24(23)34-26)16-6-8-29-9-7-16;1-15(2)27(36)31-19-9-18(11-29-12-19)17-3-4-22-20(10-17)25(35-34-22)26-32-23-14-30-13-21(24(23)33-26)16-5-7-28-8-6-16;1-33(2)18-9-17(11-27-12-18)16-3-4-21-19(10-16)24(32-31-21)25-29-22-14-28-13-20(23(22)30-25)15-5-7-26-8-6-15/h1-11,13-18H,12H2,(H,35,40)(H,36,37)(H,38,39);4-15H,1-3H3,(H,32,37)(H,33,34)(H,35,36);3-15H,1-2H3,(H,31,36)(H,32,33)(H,34,35);3-14H,1-2H3,(H,29,30)(H,31,32). The van der Waals surface area contributed by atoms with Crippen LogP contribution in [-0.2, 0) is 20.8 Å². The molecule has 0 aliphatic carbocycles. The Morgan fingerprint density at radius 3 is 0.918 bits per heavy atom. The summed E-state index contributed by atoms with van der Waals surface area (Å²) in [4.78, 5) is 124. The van der Waals surface area contributed by atoms with E-state index < -0.39 is 5.41 Å². The van der Waals surface area contributed by atoms with E-state index in [1.54, 1.807) is 118 Å². The molecule has 0 radical (unpaired) electrons. The van der Waals surface area contributed by atoms with Crippen molar-refractivity contribution in [3.8, 4) is 135 Å². The van der Waals surface area contributed by atoms with Crippen LogP contribution in [0.2, 0.25) is 0 Å². The quantitative estimate of drug-likeness (QED) is 0.0358. The van der Waals surface area contributed by atoms with Gasteiger partial charge in [0.25, 0.3) is 0 Å². The molecule has 35 nitrogen and oxygen atoms in total. The maximum absolute atomic E-state index is 12.6. The third-order valence-corrected chi connectivity index (χ3v) is 24.7. The number of fused-ring (bicyclic) bond motifs is 8. The van der Waals surface area contributed by atoms with Crippen LogP contribution in [0.1, 0.15) is 40.2 Å². The van der Waals surface area contributed by atoms with Crippen molar-refractivity contribution in [1.82, 2.24) is 140 Å². The maximum Gasteiger partial charge on any atom is 0.229 e. The molecule has 0 saturated carbocycles. The number of hydrogen-bond acceptors (Lipinski definition) is 24. The Hall–Kier alpha value is -20.1. The van der Waals surface area contributed by atoms with Gasteiger partial charge < -0.3 is 40.8 Å². The van der Waals surface area contributed by atoms with Gasteiger partial charge in [0.05, 0.1) is 145 Å². The first-order valence-electron chi connectivity index (χ1n) is 46.7. The number of nitrogens with zero attached hydrogens (tertiary/aromatic N) is 21. The van der Waals surface area contributed by atoms with E-state index in [0.717, 1.165) is 194 Å². The molecule has 0 unspecified atom stereocenters. The minimum Gasteiger partial charge on any atom is -0.376 e. The van der Waals surface area contributed by atoms with E-state index in [0.29, 0.717) is 63.9 Å². The Morgan fingerprint density at radius 2 is 0.603 bits per heavy atom. The zero-order valence-corrected chi connectivity index (χ0v) is 79.5. The minimum absolute atomic E-state index is 0.0490. The molecule has 20 aromatic heterocycles. The summed E-state index contributed by atoms with van der Waals surface area (Å²) in [5.74, 6) is 2.30. The van der Waals surface area contributed by atoms with Gasteiger partial charge in [-0.25, -0.2) is 19.9 Å². The lowest BCUT2D eigenvalue weighted by Crippen LogP contribution is -2.27. The number of nitrogens with one attached hydrogen (secondary N) is 11. The largest absolute Gasteiger partial charge is 0.376 e. The smallest absolute Gasteiger partial charge is 0.229 e. The maximum atomic E-state index is 12.6. The molecule has 5 aromatic carbocycles. The Labute approximate surface area is 830 Å². The molecule has 3 amide bonds. The molecule has 146 heavy (non-hydrogen) atoms. The highest BCUT2D eigenvalue weighted by Gasteiger charge is 2.26. The molecule has 0 aliphatic heterocycles. The van der Waals surface area contributed by atoms with Crippen LogP contribution in [-0.4, -0.2) is 172 Å². The van der Waals surface area contributed by atoms with Gasteiger partial charge in [-0.05, 0) is 171 Å². The number of carbonyl (C=O) groups excluding carboxylic acids is 3. The van der Waals surface area contributed by atoms with Crippen LogP contribution >= 0.6 is 0 Å². The third kappa shape index (κ3) is 19.0. The van der Waals surface area contributed by atoms with Crippen molar-refractivity contribution in [1.29, 1.82) is 0 Å². The van der Waals surface area contributed by atoms with Gasteiger partial charge in [-0.1, -0.05) is 89.2 Å². The van der Waals surface area contributed by atoms with Crippen molar-refractivity contribution in [3.05, 3.63) is 330 Å². The van der Waals surface area contributed by atoms with Crippen molar-refractivity contribution >= 4 is 128 Å². The second-order valence-electron chi connectivity index (χ2n) is 36.2. The van der Waals surface area contributed by atoms with E-state index in [9.17, 15) is 14.4 Å². The fourth-order valence-electron chi connectivity index (χ4n) is 17.1. The van der Waals surface area contributed by atoms with E-state index in [2.05, 4.69) is 173 Å². The van der Waals surface area contributed by atoms with Crippen LogP contribution in [0.4, 0.5) is 22.7 Å². The molecule has 0 aliphatic rings. The molecular formula is C111H88N32O3. The molecule has 0 fully saturated rings. The monoisotopic (exact) mass is 1920 g/mol. The normalized spacial score (nSPS) is 11.4. The highest BCUT2D eigenvalue weighted by Crippen LogP contribution is 2.41. The number of amides is 3. The summed E-state index contributed by atoms with van der Waals surface area (Å²) < 4.78 is 0. The van der Waals surface area contributed by atoms with Gasteiger partial charge >= 0.3 is 0 Å². The van der Waals surface area contributed by atoms with E-state index in [1.807, 2.05) is 224 Å². The van der Waals surface area contributed by atoms with Crippen molar-refractivity contribution in [2.45, 2.75) is 41.0 Å². The van der Waals surface area contributed by atoms with Gasteiger partial charge in [0.2, 0.25) is 17.7 Å². The van der Waals surface area contributed by atoms with Crippen molar-refractivity contribution in [3.63, 3.8) is 0 Å². The van der Waals surface area contributed by atoms with E-state index in [1.165, 1.54) is 0 Å². The second-order valence-corrected chi connectivity index (χ2v) is 36.2. The molecule has 0 atom stereocenters. The average Bonchev–Trinajstić information content (AvgIpc) is 1.62. The highest BCUT2D eigenvalue weighted by atomic mass is 16.2. The number of imidazole rings is 4. The number of anilines is 4.